The van der Waals surface area contributed by atoms with Crippen molar-refractivity contribution in [1.82, 2.24) is 10.1 Å². The van der Waals surface area contributed by atoms with Gasteiger partial charge in [-0.25, -0.2) is 4.39 Å². The van der Waals surface area contributed by atoms with E-state index in [1.807, 2.05) is 26.8 Å². The van der Waals surface area contributed by atoms with Gasteiger partial charge in [-0.3, -0.25) is 0 Å². The van der Waals surface area contributed by atoms with Gasteiger partial charge < -0.3 is 9.26 Å². The van der Waals surface area contributed by atoms with Crippen molar-refractivity contribution in [3.63, 3.8) is 0 Å². The zero-order valence-electron chi connectivity index (χ0n) is 14.2. The minimum atomic E-state index is -0.284. The van der Waals surface area contributed by atoms with E-state index in [2.05, 4.69) is 10.1 Å². The van der Waals surface area contributed by atoms with Crippen LogP contribution in [0, 0.1) is 5.82 Å². The molecule has 25 heavy (non-hydrogen) atoms. The molecule has 1 heterocycles. The SMILES string of the molecule is CCc1cc(F)ccc1-c1nc(-c2ccc(OC(C)C)c(Cl)c2)no1. The first-order valence-electron chi connectivity index (χ1n) is 8.07. The van der Waals surface area contributed by atoms with Gasteiger partial charge in [0.1, 0.15) is 11.6 Å². The van der Waals surface area contributed by atoms with Gasteiger partial charge in [0.2, 0.25) is 5.82 Å². The quantitative estimate of drug-likeness (QED) is 0.598. The molecule has 0 spiro atoms. The number of ether oxygens (including phenoxy) is 1. The summed E-state index contributed by atoms with van der Waals surface area (Å²) in [4.78, 5) is 4.42. The lowest BCUT2D eigenvalue weighted by Gasteiger charge is -2.11. The Morgan fingerprint density at radius 1 is 1.20 bits per heavy atom. The highest BCUT2D eigenvalue weighted by Gasteiger charge is 2.15. The average molecular weight is 361 g/mol. The third-order valence-corrected chi connectivity index (χ3v) is 3.95. The fourth-order valence-electron chi connectivity index (χ4n) is 2.50. The van der Waals surface area contributed by atoms with Crippen LogP contribution >= 0.6 is 11.6 Å². The third-order valence-electron chi connectivity index (χ3n) is 3.66. The maximum atomic E-state index is 13.4. The summed E-state index contributed by atoms with van der Waals surface area (Å²) in [6.07, 6.45) is 0.698. The highest BCUT2D eigenvalue weighted by molar-refractivity contribution is 6.32. The Bertz CT molecular complexity index is 893. The molecule has 0 N–H and O–H groups in total. The van der Waals surface area contributed by atoms with Gasteiger partial charge in [0.25, 0.3) is 5.89 Å². The maximum absolute atomic E-state index is 13.4. The largest absolute Gasteiger partial charge is 0.489 e. The van der Waals surface area contributed by atoms with E-state index >= 15 is 0 Å². The molecule has 4 nitrogen and oxygen atoms in total. The lowest BCUT2D eigenvalue weighted by Crippen LogP contribution is -2.05. The van der Waals surface area contributed by atoms with E-state index in [1.54, 1.807) is 18.2 Å². The number of halogens is 2. The van der Waals surface area contributed by atoms with Crippen molar-refractivity contribution in [2.24, 2.45) is 0 Å². The molecule has 1 aromatic heterocycles. The van der Waals surface area contributed by atoms with Crippen LogP contribution in [0.15, 0.2) is 40.9 Å². The molecular formula is C19H18ClFN2O2. The van der Waals surface area contributed by atoms with Gasteiger partial charge >= 0.3 is 0 Å². The number of aryl methyl sites for hydroxylation is 1. The predicted molar refractivity (Wildman–Crippen MR) is 95.3 cm³/mol. The van der Waals surface area contributed by atoms with Gasteiger partial charge in [-0.2, -0.15) is 4.98 Å². The molecule has 3 aromatic rings. The predicted octanol–water partition coefficient (Wildman–Crippen LogP) is 5.55. The van der Waals surface area contributed by atoms with E-state index in [4.69, 9.17) is 20.9 Å². The monoisotopic (exact) mass is 360 g/mol. The lowest BCUT2D eigenvalue weighted by molar-refractivity contribution is 0.242. The molecule has 0 radical (unpaired) electrons. The molecule has 3 rings (SSSR count). The minimum Gasteiger partial charge on any atom is -0.489 e. The number of aromatic nitrogens is 2. The van der Waals surface area contributed by atoms with Crippen LogP contribution in [0.5, 0.6) is 5.75 Å². The molecule has 0 atom stereocenters. The van der Waals surface area contributed by atoms with Crippen LogP contribution < -0.4 is 4.74 Å². The summed E-state index contributed by atoms with van der Waals surface area (Å²) in [6.45, 7) is 5.82. The standard InChI is InChI=1S/C19H18ClFN2O2/c1-4-12-9-14(21)6-7-15(12)19-22-18(23-25-19)13-5-8-17(16(20)10-13)24-11(2)3/h5-11H,4H2,1-3H3. The summed E-state index contributed by atoms with van der Waals surface area (Å²) in [7, 11) is 0. The molecule has 0 fully saturated rings. The topological polar surface area (TPSA) is 48.2 Å². The molecule has 0 saturated heterocycles. The summed E-state index contributed by atoms with van der Waals surface area (Å²) in [5.41, 5.74) is 2.26. The summed E-state index contributed by atoms with van der Waals surface area (Å²) in [5, 5.41) is 4.49. The number of hydrogen-bond acceptors (Lipinski definition) is 4. The van der Waals surface area contributed by atoms with Crippen LogP contribution in [-0.4, -0.2) is 16.2 Å². The smallest absolute Gasteiger partial charge is 0.258 e. The van der Waals surface area contributed by atoms with Crippen LogP contribution in [0.1, 0.15) is 26.3 Å². The van der Waals surface area contributed by atoms with Gasteiger partial charge in [0.05, 0.1) is 11.1 Å². The summed E-state index contributed by atoms with van der Waals surface area (Å²) < 4.78 is 24.4. The van der Waals surface area contributed by atoms with Crippen molar-refractivity contribution >= 4 is 11.6 Å². The second-order valence-electron chi connectivity index (χ2n) is 5.89. The fourth-order valence-corrected chi connectivity index (χ4v) is 2.73. The molecule has 0 amide bonds. The van der Waals surface area contributed by atoms with Crippen LogP contribution in [0.4, 0.5) is 4.39 Å². The van der Waals surface area contributed by atoms with Crippen LogP contribution in [0.25, 0.3) is 22.8 Å². The molecule has 6 heteroatoms. The van der Waals surface area contributed by atoms with E-state index in [-0.39, 0.29) is 11.9 Å². The molecule has 130 valence electrons. The zero-order chi connectivity index (χ0) is 18.0. The van der Waals surface area contributed by atoms with Gasteiger partial charge in [0, 0.05) is 11.1 Å². The van der Waals surface area contributed by atoms with Crippen molar-refractivity contribution in [1.29, 1.82) is 0 Å². The number of rotatable bonds is 5. The fraction of sp³-hybridized carbons (Fsp3) is 0.263. The molecule has 0 aliphatic heterocycles. The van der Waals surface area contributed by atoms with E-state index in [0.29, 0.717) is 28.9 Å². The normalized spacial score (nSPS) is 11.1. The molecule has 0 saturated carbocycles. The van der Waals surface area contributed by atoms with Crippen LogP contribution in [-0.2, 0) is 6.42 Å². The van der Waals surface area contributed by atoms with E-state index in [0.717, 1.165) is 16.7 Å². The Kier molecular flexibility index (Phi) is 5.04. The van der Waals surface area contributed by atoms with Crippen LogP contribution in [0.3, 0.4) is 0 Å². The Hall–Kier alpha value is -2.40. The first kappa shape index (κ1) is 17.4. The molecule has 0 aliphatic carbocycles. The zero-order valence-corrected chi connectivity index (χ0v) is 15.0. The average Bonchev–Trinajstić information content (AvgIpc) is 3.06. The van der Waals surface area contributed by atoms with Crippen molar-refractivity contribution in [2.45, 2.75) is 33.3 Å². The highest BCUT2D eigenvalue weighted by Crippen LogP contribution is 2.31. The number of hydrogen-bond donors (Lipinski definition) is 0. The maximum Gasteiger partial charge on any atom is 0.258 e. The number of benzene rings is 2. The van der Waals surface area contributed by atoms with Gasteiger partial charge in [0.15, 0.2) is 0 Å². The Balaban J connectivity index is 1.93. The highest BCUT2D eigenvalue weighted by atomic mass is 35.5. The van der Waals surface area contributed by atoms with E-state index in [1.165, 1.54) is 12.1 Å². The molecule has 0 bridgehead atoms. The Morgan fingerprint density at radius 3 is 2.68 bits per heavy atom. The number of nitrogens with zero attached hydrogens (tertiary/aromatic N) is 2. The first-order chi connectivity index (χ1) is 12.0. The summed E-state index contributed by atoms with van der Waals surface area (Å²) in [5.74, 6) is 1.09. The van der Waals surface area contributed by atoms with Crippen molar-refractivity contribution < 1.29 is 13.7 Å². The minimum absolute atomic E-state index is 0.0334. The molecule has 0 aliphatic rings. The molecule has 2 aromatic carbocycles. The van der Waals surface area contributed by atoms with Crippen molar-refractivity contribution in [3.8, 4) is 28.6 Å². The molecular weight excluding hydrogens is 343 g/mol. The summed E-state index contributed by atoms with van der Waals surface area (Å²) >= 11 is 6.26. The van der Waals surface area contributed by atoms with Gasteiger partial charge in [-0.05, 0) is 62.2 Å². The van der Waals surface area contributed by atoms with Crippen molar-refractivity contribution in [2.75, 3.05) is 0 Å². The Labute approximate surface area is 150 Å². The second kappa shape index (κ2) is 7.23. The van der Waals surface area contributed by atoms with Crippen molar-refractivity contribution in [3.05, 3.63) is 52.8 Å². The second-order valence-corrected chi connectivity index (χ2v) is 6.30. The van der Waals surface area contributed by atoms with Gasteiger partial charge in [-0.15, -0.1) is 0 Å². The van der Waals surface area contributed by atoms with E-state index < -0.39 is 0 Å². The summed E-state index contributed by atoms with van der Waals surface area (Å²) in [6, 6.07) is 9.85. The first-order valence-corrected chi connectivity index (χ1v) is 8.44. The third kappa shape index (κ3) is 3.82. The lowest BCUT2D eigenvalue weighted by atomic mass is 10.1. The Morgan fingerprint density at radius 2 is 2.00 bits per heavy atom. The molecule has 0 unspecified atom stereocenters. The van der Waals surface area contributed by atoms with Crippen LogP contribution in [0.2, 0.25) is 5.02 Å². The van der Waals surface area contributed by atoms with Gasteiger partial charge in [-0.1, -0.05) is 23.7 Å². The van der Waals surface area contributed by atoms with E-state index in [9.17, 15) is 4.39 Å².